The Labute approximate surface area is 110 Å². The molecule has 1 unspecified atom stereocenters. The van der Waals surface area contributed by atoms with E-state index in [1.165, 1.54) is 16.2 Å². The van der Waals surface area contributed by atoms with Crippen LogP contribution in [-0.2, 0) is 4.79 Å². The van der Waals surface area contributed by atoms with Crippen molar-refractivity contribution in [3.05, 3.63) is 22.4 Å². The number of nitrogens with zero attached hydrogens (tertiary/aromatic N) is 1. The van der Waals surface area contributed by atoms with Gasteiger partial charge in [-0.1, -0.05) is 6.07 Å². The first kappa shape index (κ1) is 14.7. The lowest BCUT2D eigenvalue weighted by Crippen LogP contribution is -2.47. The summed E-state index contributed by atoms with van der Waals surface area (Å²) in [7, 11) is 0. The number of thiophene rings is 1. The monoisotopic (exact) mass is 270 g/mol. The third-order valence-electron chi connectivity index (χ3n) is 2.53. The Bertz CT molecular complexity index is 392. The van der Waals surface area contributed by atoms with Crippen LogP contribution in [0.3, 0.4) is 0 Å². The van der Waals surface area contributed by atoms with E-state index in [9.17, 15) is 9.59 Å². The topological polar surface area (TPSA) is 69.6 Å². The van der Waals surface area contributed by atoms with E-state index in [0.29, 0.717) is 11.4 Å². The fourth-order valence-electron chi connectivity index (χ4n) is 1.56. The van der Waals surface area contributed by atoms with Crippen molar-refractivity contribution in [1.82, 2.24) is 10.2 Å². The van der Waals surface area contributed by atoms with Gasteiger partial charge in [-0.2, -0.15) is 0 Å². The minimum absolute atomic E-state index is 0.0782. The molecular weight excluding hydrogens is 252 g/mol. The number of carbonyl (C=O) groups excluding carboxylic acids is 2. The van der Waals surface area contributed by atoms with Crippen molar-refractivity contribution >= 4 is 23.2 Å². The first-order valence-corrected chi connectivity index (χ1v) is 6.72. The molecule has 1 atom stereocenters. The van der Waals surface area contributed by atoms with Gasteiger partial charge in [0.05, 0.1) is 11.5 Å². The zero-order valence-corrected chi connectivity index (χ0v) is 11.4. The van der Waals surface area contributed by atoms with Crippen molar-refractivity contribution in [2.45, 2.75) is 19.9 Å². The summed E-state index contributed by atoms with van der Waals surface area (Å²) in [4.78, 5) is 25.8. The lowest BCUT2D eigenvalue weighted by Gasteiger charge is -2.23. The van der Waals surface area contributed by atoms with Crippen LogP contribution in [0.25, 0.3) is 0 Å². The number of likely N-dealkylation sites (N-methyl/N-ethyl adjacent to an activating group) is 1. The molecule has 1 heterocycles. The number of aliphatic hydroxyl groups is 1. The van der Waals surface area contributed by atoms with Crippen molar-refractivity contribution in [2.75, 3.05) is 19.7 Å². The molecule has 5 nitrogen and oxygen atoms in total. The Morgan fingerprint density at radius 2 is 2.28 bits per heavy atom. The van der Waals surface area contributed by atoms with Gasteiger partial charge in [-0.3, -0.25) is 9.59 Å². The van der Waals surface area contributed by atoms with Crippen LogP contribution in [0.2, 0.25) is 0 Å². The molecular formula is C12H18N2O3S. The lowest BCUT2D eigenvalue weighted by atomic mass is 10.2. The smallest absolute Gasteiger partial charge is 0.261 e. The molecule has 100 valence electrons. The molecule has 0 saturated carbocycles. The van der Waals surface area contributed by atoms with Crippen LogP contribution in [0.1, 0.15) is 23.5 Å². The fourth-order valence-corrected chi connectivity index (χ4v) is 2.18. The average Bonchev–Trinajstić information content (AvgIpc) is 2.88. The maximum absolute atomic E-state index is 12.0. The molecule has 2 N–H and O–H groups in total. The summed E-state index contributed by atoms with van der Waals surface area (Å²) in [6.07, 6.45) is 0. The van der Waals surface area contributed by atoms with Crippen LogP contribution in [-0.4, -0.2) is 47.6 Å². The van der Waals surface area contributed by atoms with Gasteiger partial charge in [-0.05, 0) is 25.3 Å². The molecule has 1 rings (SSSR count). The van der Waals surface area contributed by atoms with Crippen LogP contribution in [0.5, 0.6) is 0 Å². The number of hydrogen-bond donors (Lipinski definition) is 2. The van der Waals surface area contributed by atoms with Crippen LogP contribution < -0.4 is 5.32 Å². The summed E-state index contributed by atoms with van der Waals surface area (Å²) in [5.74, 6) is -0.428. The van der Waals surface area contributed by atoms with Gasteiger partial charge in [0.25, 0.3) is 5.91 Å². The Balaban J connectivity index is 2.56. The molecule has 0 aliphatic rings. The summed E-state index contributed by atoms with van der Waals surface area (Å²) in [6, 6.07) is 2.91. The normalized spacial score (nSPS) is 11.9. The van der Waals surface area contributed by atoms with Crippen molar-refractivity contribution in [1.29, 1.82) is 0 Å². The van der Waals surface area contributed by atoms with Crippen molar-refractivity contribution < 1.29 is 14.7 Å². The summed E-state index contributed by atoms with van der Waals surface area (Å²) < 4.78 is 0. The second-order valence-corrected chi connectivity index (χ2v) is 4.76. The van der Waals surface area contributed by atoms with Crippen LogP contribution in [0.4, 0.5) is 0 Å². The second-order valence-electron chi connectivity index (χ2n) is 3.81. The third-order valence-corrected chi connectivity index (χ3v) is 3.39. The van der Waals surface area contributed by atoms with Gasteiger partial charge in [-0.15, -0.1) is 11.3 Å². The van der Waals surface area contributed by atoms with Crippen molar-refractivity contribution in [3.8, 4) is 0 Å². The largest absolute Gasteiger partial charge is 0.395 e. The fraction of sp³-hybridized carbons (Fsp3) is 0.500. The Hall–Kier alpha value is -1.40. The van der Waals surface area contributed by atoms with Crippen molar-refractivity contribution in [3.63, 3.8) is 0 Å². The number of carbonyl (C=O) groups is 2. The molecule has 0 radical (unpaired) electrons. The zero-order chi connectivity index (χ0) is 13.5. The predicted octanol–water partition coefficient (Wildman–Crippen LogP) is 0.707. The summed E-state index contributed by atoms with van der Waals surface area (Å²) in [5, 5.41) is 13.3. The molecule has 2 amide bonds. The van der Waals surface area contributed by atoms with Crippen LogP contribution >= 0.6 is 11.3 Å². The molecule has 1 aromatic rings. The summed E-state index contributed by atoms with van der Waals surface area (Å²) in [5.41, 5.74) is 0. The highest BCUT2D eigenvalue weighted by atomic mass is 32.1. The predicted molar refractivity (Wildman–Crippen MR) is 70.6 cm³/mol. The van der Waals surface area contributed by atoms with E-state index in [4.69, 9.17) is 5.11 Å². The van der Waals surface area contributed by atoms with Crippen LogP contribution in [0.15, 0.2) is 17.5 Å². The molecule has 0 aromatic carbocycles. The molecule has 1 aromatic heterocycles. The maximum Gasteiger partial charge on any atom is 0.261 e. The minimum Gasteiger partial charge on any atom is -0.395 e. The number of hydrogen-bond acceptors (Lipinski definition) is 4. The van der Waals surface area contributed by atoms with E-state index in [2.05, 4.69) is 5.32 Å². The van der Waals surface area contributed by atoms with E-state index >= 15 is 0 Å². The van der Waals surface area contributed by atoms with E-state index in [1.807, 2.05) is 12.3 Å². The summed E-state index contributed by atoms with van der Waals surface area (Å²) >= 11 is 1.33. The van der Waals surface area contributed by atoms with Gasteiger partial charge in [0.2, 0.25) is 5.91 Å². The number of aliphatic hydroxyl groups excluding tert-OH is 1. The highest BCUT2D eigenvalue weighted by molar-refractivity contribution is 7.12. The molecule has 0 spiro atoms. The molecule has 0 saturated heterocycles. The van der Waals surface area contributed by atoms with E-state index < -0.39 is 6.04 Å². The zero-order valence-electron chi connectivity index (χ0n) is 10.5. The van der Waals surface area contributed by atoms with Gasteiger partial charge in [-0.25, -0.2) is 0 Å². The number of amides is 2. The molecule has 18 heavy (non-hydrogen) atoms. The van der Waals surface area contributed by atoms with Gasteiger partial charge in [0.1, 0.15) is 6.04 Å². The van der Waals surface area contributed by atoms with Gasteiger partial charge < -0.3 is 15.3 Å². The Kier molecular flexibility index (Phi) is 5.80. The minimum atomic E-state index is -0.592. The molecule has 0 fully saturated rings. The van der Waals surface area contributed by atoms with Crippen molar-refractivity contribution in [2.24, 2.45) is 0 Å². The van der Waals surface area contributed by atoms with E-state index in [1.54, 1.807) is 19.1 Å². The van der Waals surface area contributed by atoms with Gasteiger partial charge >= 0.3 is 0 Å². The maximum atomic E-state index is 12.0. The number of rotatable bonds is 6. The average molecular weight is 270 g/mol. The quantitative estimate of drug-likeness (QED) is 0.799. The van der Waals surface area contributed by atoms with E-state index in [-0.39, 0.29) is 25.0 Å². The Morgan fingerprint density at radius 1 is 1.56 bits per heavy atom. The highest BCUT2D eigenvalue weighted by Crippen LogP contribution is 2.08. The standard InChI is InChI=1S/C12H18N2O3S/c1-3-14(6-7-15)12(17)9(2)13-11(16)10-5-4-8-18-10/h4-5,8-9,15H,3,6-7H2,1-2H3,(H,13,16). The lowest BCUT2D eigenvalue weighted by molar-refractivity contribution is -0.133. The van der Waals surface area contributed by atoms with Gasteiger partial charge in [0.15, 0.2) is 0 Å². The number of nitrogens with one attached hydrogen (secondary N) is 1. The van der Waals surface area contributed by atoms with Crippen LogP contribution in [0, 0.1) is 0 Å². The first-order valence-electron chi connectivity index (χ1n) is 5.84. The molecule has 6 heteroatoms. The van der Waals surface area contributed by atoms with Gasteiger partial charge in [0, 0.05) is 13.1 Å². The molecule has 0 aliphatic heterocycles. The first-order chi connectivity index (χ1) is 8.60. The summed E-state index contributed by atoms with van der Waals surface area (Å²) in [6.45, 7) is 4.20. The van der Waals surface area contributed by atoms with E-state index in [0.717, 1.165) is 0 Å². The SMILES string of the molecule is CCN(CCO)C(=O)C(C)NC(=O)c1cccs1. The molecule has 0 bridgehead atoms. The highest BCUT2D eigenvalue weighted by Gasteiger charge is 2.21. The third kappa shape index (κ3) is 3.82. The second kappa shape index (κ2) is 7.13. The Morgan fingerprint density at radius 3 is 2.78 bits per heavy atom. The molecule has 0 aliphatic carbocycles.